The maximum absolute atomic E-state index is 5.89. The molecule has 134 valence electrons. The zero-order chi connectivity index (χ0) is 16.8. The molecule has 1 aromatic rings. The number of hydrogen-bond donors (Lipinski definition) is 2. The maximum Gasteiger partial charge on any atom is 0.0314 e. The molecular weight excluding hydrogens is 296 g/mol. The first-order valence-electron chi connectivity index (χ1n) is 9.68. The Kier molecular flexibility index (Phi) is 6.52. The van der Waals surface area contributed by atoms with Crippen molar-refractivity contribution in [3.05, 3.63) is 29.8 Å². The topological polar surface area (TPSA) is 44.5 Å². The first-order valence-corrected chi connectivity index (χ1v) is 9.68. The molecule has 0 saturated carbocycles. The number of hydrogen-bond acceptors (Lipinski definition) is 4. The zero-order valence-electron chi connectivity index (χ0n) is 15.2. The van der Waals surface area contributed by atoms with Gasteiger partial charge >= 0.3 is 0 Å². The summed E-state index contributed by atoms with van der Waals surface area (Å²) in [5, 5.41) is 3.49. The first-order chi connectivity index (χ1) is 11.7. The first kappa shape index (κ1) is 17.7. The monoisotopic (exact) mass is 330 g/mol. The molecule has 0 amide bonds. The number of rotatable bonds is 6. The second-order valence-electron chi connectivity index (χ2n) is 7.73. The van der Waals surface area contributed by atoms with Crippen molar-refractivity contribution in [1.29, 1.82) is 0 Å². The summed E-state index contributed by atoms with van der Waals surface area (Å²) in [6, 6.07) is 8.65. The van der Waals surface area contributed by atoms with Gasteiger partial charge in [-0.25, -0.2) is 0 Å². The van der Waals surface area contributed by atoms with Gasteiger partial charge in [0.1, 0.15) is 0 Å². The standard InChI is InChI=1S/C20H34N4/c1-23-12-14-24(15-13-23)11-8-19(16-17-6-9-22-10-7-17)18-2-4-20(21)5-3-18/h2-5,17,19,22H,6-16,21H2,1H3. The molecule has 2 saturated heterocycles. The second-order valence-corrected chi connectivity index (χ2v) is 7.73. The molecule has 2 aliphatic heterocycles. The Morgan fingerprint density at radius 3 is 2.42 bits per heavy atom. The van der Waals surface area contributed by atoms with E-state index in [1.165, 1.54) is 77.1 Å². The Bertz CT molecular complexity index is 473. The van der Waals surface area contributed by atoms with Crippen LogP contribution in [0.3, 0.4) is 0 Å². The minimum Gasteiger partial charge on any atom is -0.399 e. The van der Waals surface area contributed by atoms with Gasteiger partial charge in [0.2, 0.25) is 0 Å². The lowest BCUT2D eigenvalue weighted by atomic mass is 9.82. The molecule has 4 nitrogen and oxygen atoms in total. The van der Waals surface area contributed by atoms with Crippen LogP contribution in [0.5, 0.6) is 0 Å². The van der Waals surface area contributed by atoms with Crippen LogP contribution < -0.4 is 11.1 Å². The van der Waals surface area contributed by atoms with E-state index in [1.54, 1.807) is 0 Å². The molecular formula is C20H34N4. The van der Waals surface area contributed by atoms with Crippen LogP contribution in [0, 0.1) is 5.92 Å². The zero-order valence-corrected chi connectivity index (χ0v) is 15.2. The number of nitrogens with zero attached hydrogens (tertiary/aromatic N) is 2. The summed E-state index contributed by atoms with van der Waals surface area (Å²) in [6.07, 6.45) is 5.27. The predicted molar refractivity (Wildman–Crippen MR) is 102 cm³/mol. The molecule has 1 unspecified atom stereocenters. The second kappa shape index (κ2) is 8.84. The van der Waals surface area contributed by atoms with Gasteiger partial charge in [-0.1, -0.05) is 12.1 Å². The van der Waals surface area contributed by atoms with E-state index in [4.69, 9.17) is 5.73 Å². The molecule has 1 atom stereocenters. The number of nitrogen functional groups attached to an aromatic ring is 1. The normalized spacial score (nSPS) is 22.5. The molecule has 2 heterocycles. The lowest BCUT2D eigenvalue weighted by Gasteiger charge is -2.34. The molecule has 24 heavy (non-hydrogen) atoms. The highest BCUT2D eigenvalue weighted by atomic mass is 15.2. The number of nitrogens with two attached hydrogens (primary N) is 1. The van der Waals surface area contributed by atoms with Gasteiger partial charge in [0.25, 0.3) is 0 Å². The van der Waals surface area contributed by atoms with Gasteiger partial charge in [0.15, 0.2) is 0 Å². The Morgan fingerprint density at radius 1 is 1.08 bits per heavy atom. The summed E-state index contributed by atoms with van der Waals surface area (Å²) in [5.74, 6) is 1.55. The molecule has 0 bridgehead atoms. The lowest BCUT2D eigenvalue weighted by Crippen LogP contribution is -2.44. The fourth-order valence-electron chi connectivity index (χ4n) is 4.12. The highest BCUT2D eigenvalue weighted by Crippen LogP contribution is 2.31. The summed E-state index contributed by atoms with van der Waals surface area (Å²) in [7, 11) is 2.23. The number of piperazine rings is 1. The Labute approximate surface area is 147 Å². The quantitative estimate of drug-likeness (QED) is 0.786. The van der Waals surface area contributed by atoms with E-state index in [2.05, 4.69) is 46.4 Å². The molecule has 1 aromatic carbocycles. The largest absolute Gasteiger partial charge is 0.399 e. The van der Waals surface area contributed by atoms with Crippen LogP contribution in [0.25, 0.3) is 0 Å². The van der Waals surface area contributed by atoms with Crippen molar-refractivity contribution >= 4 is 5.69 Å². The summed E-state index contributed by atoms with van der Waals surface area (Å²) in [5.41, 5.74) is 8.25. The average molecular weight is 331 g/mol. The van der Waals surface area contributed by atoms with Gasteiger partial charge in [0.05, 0.1) is 0 Å². The van der Waals surface area contributed by atoms with E-state index in [0.29, 0.717) is 5.92 Å². The minimum absolute atomic E-state index is 0.674. The maximum atomic E-state index is 5.89. The van der Waals surface area contributed by atoms with Crippen molar-refractivity contribution in [2.75, 3.05) is 58.6 Å². The number of anilines is 1. The third-order valence-corrected chi connectivity index (χ3v) is 5.87. The van der Waals surface area contributed by atoms with Gasteiger partial charge in [-0.3, -0.25) is 0 Å². The van der Waals surface area contributed by atoms with Gasteiger partial charge in [-0.15, -0.1) is 0 Å². The Balaban J connectivity index is 1.59. The van der Waals surface area contributed by atoms with Crippen LogP contribution in [0.1, 0.15) is 37.2 Å². The van der Waals surface area contributed by atoms with E-state index >= 15 is 0 Å². The van der Waals surface area contributed by atoms with Crippen molar-refractivity contribution in [2.24, 2.45) is 5.92 Å². The van der Waals surface area contributed by atoms with E-state index in [9.17, 15) is 0 Å². The molecule has 0 aromatic heterocycles. The van der Waals surface area contributed by atoms with Crippen molar-refractivity contribution in [3.63, 3.8) is 0 Å². The molecule has 3 rings (SSSR count). The average Bonchev–Trinajstić information content (AvgIpc) is 2.62. The molecule has 0 aliphatic carbocycles. The molecule has 3 N–H and O–H groups in total. The Hall–Kier alpha value is -1.10. The number of likely N-dealkylation sites (N-methyl/N-ethyl adjacent to an activating group) is 1. The highest BCUT2D eigenvalue weighted by molar-refractivity contribution is 5.40. The molecule has 2 fully saturated rings. The fraction of sp³-hybridized carbons (Fsp3) is 0.700. The fourth-order valence-corrected chi connectivity index (χ4v) is 4.12. The van der Waals surface area contributed by atoms with Crippen molar-refractivity contribution < 1.29 is 0 Å². The molecule has 2 aliphatic rings. The highest BCUT2D eigenvalue weighted by Gasteiger charge is 2.22. The van der Waals surface area contributed by atoms with Gasteiger partial charge in [-0.05, 0) is 81.9 Å². The summed E-state index contributed by atoms with van der Waals surface area (Å²) in [4.78, 5) is 5.08. The van der Waals surface area contributed by atoms with Crippen molar-refractivity contribution in [3.8, 4) is 0 Å². The van der Waals surface area contributed by atoms with Crippen LogP contribution in [0.4, 0.5) is 5.69 Å². The molecule has 0 radical (unpaired) electrons. The Morgan fingerprint density at radius 2 is 1.75 bits per heavy atom. The molecule has 4 heteroatoms. The summed E-state index contributed by atoms with van der Waals surface area (Å²) >= 11 is 0. The number of piperidine rings is 1. The number of nitrogens with one attached hydrogen (secondary N) is 1. The molecule has 0 spiro atoms. The van der Waals surface area contributed by atoms with E-state index < -0.39 is 0 Å². The van der Waals surface area contributed by atoms with E-state index in [-0.39, 0.29) is 0 Å². The van der Waals surface area contributed by atoms with Crippen LogP contribution in [-0.4, -0.2) is 62.7 Å². The van der Waals surface area contributed by atoms with Crippen LogP contribution >= 0.6 is 0 Å². The SMILES string of the molecule is CN1CCN(CCC(CC2CCNCC2)c2ccc(N)cc2)CC1. The van der Waals surface area contributed by atoms with E-state index in [1.807, 2.05) is 0 Å². The van der Waals surface area contributed by atoms with Gasteiger partial charge in [0, 0.05) is 31.9 Å². The predicted octanol–water partition coefficient (Wildman–Crippen LogP) is 2.38. The van der Waals surface area contributed by atoms with Crippen LogP contribution in [0.2, 0.25) is 0 Å². The third-order valence-electron chi connectivity index (χ3n) is 5.87. The summed E-state index contributed by atoms with van der Waals surface area (Å²) in [6.45, 7) is 8.47. The van der Waals surface area contributed by atoms with Crippen molar-refractivity contribution in [1.82, 2.24) is 15.1 Å². The van der Waals surface area contributed by atoms with Gasteiger partial charge in [-0.2, -0.15) is 0 Å². The smallest absolute Gasteiger partial charge is 0.0314 e. The minimum atomic E-state index is 0.674. The third kappa shape index (κ3) is 5.20. The van der Waals surface area contributed by atoms with Crippen molar-refractivity contribution in [2.45, 2.75) is 31.6 Å². The summed E-state index contributed by atoms with van der Waals surface area (Å²) < 4.78 is 0. The van der Waals surface area contributed by atoms with E-state index in [0.717, 1.165) is 11.6 Å². The van der Waals surface area contributed by atoms with Gasteiger partial charge < -0.3 is 20.9 Å². The number of benzene rings is 1. The van der Waals surface area contributed by atoms with Crippen LogP contribution in [-0.2, 0) is 0 Å². The van der Waals surface area contributed by atoms with Crippen LogP contribution in [0.15, 0.2) is 24.3 Å². The lowest BCUT2D eigenvalue weighted by molar-refractivity contribution is 0.148.